The first-order valence-electron chi connectivity index (χ1n) is 9.01. The SMILES string of the molecule is C=CCCC(=O)CCSCCCCCCCCCCCC. The van der Waals surface area contributed by atoms with Crippen molar-refractivity contribution < 1.29 is 4.79 Å². The van der Waals surface area contributed by atoms with Crippen molar-refractivity contribution in [1.82, 2.24) is 0 Å². The number of hydrogen-bond acceptors (Lipinski definition) is 2. The molecule has 0 atom stereocenters. The Labute approximate surface area is 137 Å². The first-order chi connectivity index (χ1) is 10.3. The molecule has 0 bridgehead atoms. The number of Topliss-reactive ketones (excluding diaryl/α,β-unsaturated/α-hetero) is 1. The molecule has 0 aliphatic heterocycles. The lowest BCUT2D eigenvalue weighted by atomic mass is 10.1. The maximum atomic E-state index is 11.4. The Bertz CT molecular complexity index is 238. The second kappa shape index (κ2) is 17.8. The van der Waals surface area contributed by atoms with E-state index in [-0.39, 0.29) is 0 Å². The number of hydrogen-bond donors (Lipinski definition) is 0. The number of ketones is 1. The van der Waals surface area contributed by atoms with Gasteiger partial charge < -0.3 is 0 Å². The fourth-order valence-corrected chi connectivity index (χ4v) is 3.35. The van der Waals surface area contributed by atoms with Crippen molar-refractivity contribution in [2.24, 2.45) is 0 Å². The monoisotopic (exact) mass is 312 g/mol. The smallest absolute Gasteiger partial charge is 0.134 e. The van der Waals surface area contributed by atoms with Gasteiger partial charge in [0.25, 0.3) is 0 Å². The van der Waals surface area contributed by atoms with E-state index in [1.807, 2.05) is 17.8 Å². The van der Waals surface area contributed by atoms with Crippen LogP contribution in [0.5, 0.6) is 0 Å². The highest BCUT2D eigenvalue weighted by Gasteiger charge is 2.00. The van der Waals surface area contributed by atoms with Crippen molar-refractivity contribution in [3.63, 3.8) is 0 Å². The number of carbonyl (C=O) groups excluding carboxylic acids is 1. The number of unbranched alkanes of at least 4 members (excludes halogenated alkanes) is 9. The van der Waals surface area contributed by atoms with E-state index in [1.54, 1.807) is 0 Å². The summed E-state index contributed by atoms with van der Waals surface area (Å²) in [7, 11) is 0. The van der Waals surface area contributed by atoms with Crippen LogP contribution in [0.15, 0.2) is 12.7 Å². The van der Waals surface area contributed by atoms with Crippen molar-refractivity contribution in [3.05, 3.63) is 12.7 Å². The summed E-state index contributed by atoms with van der Waals surface area (Å²) in [6.07, 6.45) is 18.1. The molecule has 0 heterocycles. The quantitative estimate of drug-likeness (QED) is 0.223. The molecule has 0 saturated carbocycles. The Kier molecular flexibility index (Phi) is 17.6. The minimum absolute atomic E-state index is 0.394. The third-order valence-electron chi connectivity index (χ3n) is 3.79. The van der Waals surface area contributed by atoms with Gasteiger partial charge in [-0.1, -0.05) is 70.8 Å². The predicted molar refractivity (Wildman–Crippen MR) is 98.2 cm³/mol. The Morgan fingerprint density at radius 2 is 1.43 bits per heavy atom. The van der Waals surface area contributed by atoms with Gasteiger partial charge in [0.2, 0.25) is 0 Å². The minimum Gasteiger partial charge on any atom is -0.300 e. The van der Waals surface area contributed by atoms with E-state index in [0.717, 1.165) is 18.6 Å². The van der Waals surface area contributed by atoms with Crippen LogP contribution in [0, 0.1) is 0 Å². The predicted octanol–water partition coefficient (Wildman–Crippen LogP) is 6.57. The van der Waals surface area contributed by atoms with Gasteiger partial charge in [-0.25, -0.2) is 0 Å². The van der Waals surface area contributed by atoms with Crippen LogP contribution in [0.1, 0.15) is 90.4 Å². The number of allylic oxidation sites excluding steroid dienone is 1. The molecule has 0 aromatic rings. The van der Waals surface area contributed by atoms with Gasteiger partial charge in [-0.2, -0.15) is 11.8 Å². The largest absolute Gasteiger partial charge is 0.300 e. The molecule has 0 fully saturated rings. The summed E-state index contributed by atoms with van der Waals surface area (Å²) in [5, 5.41) is 0. The average Bonchev–Trinajstić information content (AvgIpc) is 2.49. The van der Waals surface area contributed by atoms with Gasteiger partial charge in [0.15, 0.2) is 0 Å². The molecule has 2 heteroatoms. The third-order valence-corrected chi connectivity index (χ3v) is 4.86. The zero-order chi connectivity index (χ0) is 15.6. The molecule has 21 heavy (non-hydrogen) atoms. The number of rotatable bonds is 17. The molecular formula is C19H36OS. The Balaban J connectivity index is 3.05. The summed E-state index contributed by atoms with van der Waals surface area (Å²) in [4.78, 5) is 11.4. The van der Waals surface area contributed by atoms with E-state index in [2.05, 4.69) is 13.5 Å². The number of carbonyl (C=O) groups is 1. The Hall–Kier alpha value is -0.240. The second-order valence-corrected chi connectivity index (χ2v) is 7.14. The van der Waals surface area contributed by atoms with Gasteiger partial charge in [0.1, 0.15) is 5.78 Å². The molecule has 0 saturated heterocycles. The molecule has 0 aromatic heterocycles. The highest BCUT2D eigenvalue weighted by molar-refractivity contribution is 7.99. The van der Waals surface area contributed by atoms with E-state index in [4.69, 9.17) is 0 Å². The van der Waals surface area contributed by atoms with Crippen molar-refractivity contribution in [2.45, 2.75) is 90.4 Å². The first-order valence-corrected chi connectivity index (χ1v) is 10.2. The average molecular weight is 313 g/mol. The molecular weight excluding hydrogens is 276 g/mol. The summed E-state index contributed by atoms with van der Waals surface area (Å²) in [5.41, 5.74) is 0. The lowest BCUT2D eigenvalue weighted by molar-refractivity contribution is -0.118. The zero-order valence-electron chi connectivity index (χ0n) is 14.2. The molecule has 0 rings (SSSR count). The minimum atomic E-state index is 0.394. The lowest BCUT2D eigenvalue weighted by Crippen LogP contribution is -1.99. The highest BCUT2D eigenvalue weighted by atomic mass is 32.2. The molecule has 0 aliphatic rings. The Morgan fingerprint density at radius 3 is 2.00 bits per heavy atom. The van der Waals surface area contributed by atoms with Crippen molar-refractivity contribution >= 4 is 17.5 Å². The van der Waals surface area contributed by atoms with E-state index in [0.29, 0.717) is 12.2 Å². The van der Waals surface area contributed by atoms with Crippen LogP contribution in [0.3, 0.4) is 0 Å². The molecule has 0 unspecified atom stereocenters. The maximum absolute atomic E-state index is 11.4. The van der Waals surface area contributed by atoms with Crippen LogP contribution in [-0.4, -0.2) is 17.3 Å². The fraction of sp³-hybridized carbons (Fsp3) is 0.842. The summed E-state index contributed by atoms with van der Waals surface area (Å²) in [6.45, 7) is 5.92. The fourth-order valence-electron chi connectivity index (χ4n) is 2.37. The highest BCUT2D eigenvalue weighted by Crippen LogP contribution is 2.13. The molecule has 0 radical (unpaired) electrons. The van der Waals surface area contributed by atoms with Crippen LogP contribution in [0.25, 0.3) is 0 Å². The molecule has 1 nitrogen and oxygen atoms in total. The topological polar surface area (TPSA) is 17.1 Å². The molecule has 0 spiro atoms. The summed E-state index contributed by atoms with van der Waals surface area (Å²) in [5.74, 6) is 2.63. The van der Waals surface area contributed by atoms with Crippen LogP contribution in [0.4, 0.5) is 0 Å². The van der Waals surface area contributed by atoms with Crippen molar-refractivity contribution in [2.75, 3.05) is 11.5 Å². The standard InChI is InChI=1S/C19H36OS/c1-3-5-7-8-9-10-11-12-13-14-17-21-18-16-19(20)15-6-4-2/h4H,2-3,5-18H2,1H3. The second-order valence-electron chi connectivity index (χ2n) is 5.91. The summed E-state index contributed by atoms with van der Waals surface area (Å²) in [6, 6.07) is 0. The van der Waals surface area contributed by atoms with E-state index < -0.39 is 0 Å². The first kappa shape index (κ1) is 20.8. The molecule has 124 valence electrons. The molecule has 0 N–H and O–H groups in total. The van der Waals surface area contributed by atoms with Gasteiger partial charge in [-0.15, -0.1) is 6.58 Å². The van der Waals surface area contributed by atoms with E-state index >= 15 is 0 Å². The van der Waals surface area contributed by atoms with E-state index in [1.165, 1.54) is 70.0 Å². The van der Waals surface area contributed by atoms with Crippen LogP contribution < -0.4 is 0 Å². The molecule has 0 aliphatic carbocycles. The summed E-state index contributed by atoms with van der Waals surface area (Å²) >= 11 is 1.95. The van der Waals surface area contributed by atoms with Gasteiger partial charge in [0.05, 0.1) is 0 Å². The van der Waals surface area contributed by atoms with Gasteiger partial charge in [-0.05, 0) is 18.6 Å². The van der Waals surface area contributed by atoms with Gasteiger partial charge >= 0.3 is 0 Å². The van der Waals surface area contributed by atoms with Gasteiger partial charge in [-0.3, -0.25) is 4.79 Å². The normalized spacial score (nSPS) is 10.7. The molecule has 0 aromatic carbocycles. The van der Waals surface area contributed by atoms with Crippen LogP contribution >= 0.6 is 11.8 Å². The van der Waals surface area contributed by atoms with Crippen LogP contribution in [-0.2, 0) is 4.79 Å². The number of thioether (sulfide) groups is 1. The van der Waals surface area contributed by atoms with Crippen molar-refractivity contribution in [3.8, 4) is 0 Å². The molecule has 0 amide bonds. The zero-order valence-corrected chi connectivity index (χ0v) is 15.0. The third kappa shape index (κ3) is 17.7. The van der Waals surface area contributed by atoms with Crippen molar-refractivity contribution in [1.29, 1.82) is 0 Å². The summed E-state index contributed by atoms with van der Waals surface area (Å²) < 4.78 is 0. The lowest BCUT2D eigenvalue weighted by Gasteiger charge is -2.03. The van der Waals surface area contributed by atoms with E-state index in [9.17, 15) is 4.79 Å². The Morgan fingerprint density at radius 1 is 0.857 bits per heavy atom. The van der Waals surface area contributed by atoms with Crippen LogP contribution in [0.2, 0.25) is 0 Å². The van der Waals surface area contributed by atoms with Gasteiger partial charge in [0, 0.05) is 18.6 Å². The maximum Gasteiger partial charge on any atom is 0.134 e.